The van der Waals surface area contributed by atoms with Crippen LogP contribution in [0.3, 0.4) is 0 Å². The molecule has 4 rings (SSSR count). The van der Waals surface area contributed by atoms with Gasteiger partial charge in [-0.2, -0.15) is 5.26 Å². The van der Waals surface area contributed by atoms with E-state index in [1.807, 2.05) is 12.1 Å². The summed E-state index contributed by atoms with van der Waals surface area (Å²) >= 11 is 13.1. The van der Waals surface area contributed by atoms with Gasteiger partial charge >= 0.3 is 0 Å². The zero-order chi connectivity index (χ0) is 26.5. The van der Waals surface area contributed by atoms with Crippen molar-refractivity contribution in [2.45, 2.75) is 10.9 Å². The van der Waals surface area contributed by atoms with Crippen LogP contribution in [0.25, 0.3) is 11.3 Å². The predicted molar refractivity (Wildman–Crippen MR) is 142 cm³/mol. The van der Waals surface area contributed by atoms with E-state index in [0.717, 1.165) is 5.56 Å². The Balaban J connectivity index is 1.53. The first-order chi connectivity index (χ1) is 17.7. The van der Waals surface area contributed by atoms with Crippen molar-refractivity contribution in [2.24, 2.45) is 0 Å². The highest BCUT2D eigenvalue weighted by Crippen LogP contribution is 2.27. The van der Waals surface area contributed by atoms with Gasteiger partial charge in [-0.1, -0.05) is 59.2 Å². The van der Waals surface area contributed by atoms with Crippen LogP contribution in [0, 0.1) is 21.4 Å². The van der Waals surface area contributed by atoms with Crippen LogP contribution < -0.4 is 10.9 Å². The summed E-state index contributed by atoms with van der Waals surface area (Å²) in [5, 5.41) is 24.2. The first-order valence-corrected chi connectivity index (χ1v) is 12.3. The molecular formula is C25H15Cl2N5O4S. The van der Waals surface area contributed by atoms with Gasteiger partial charge in [-0.05, 0) is 35.9 Å². The van der Waals surface area contributed by atoms with Crippen molar-refractivity contribution in [3.8, 4) is 17.3 Å². The van der Waals surface area contributed by atoms with Crippen LogP contribution >= 0.6 is 35.0 Å². The van der Waals surface area contributed by atoms with Gasteiger partial charge in [0.15, 0.2) is 5.16 Å². The lowest BCUT2D eigenvalue weighted by Gasteiger charge is -2.09. The molecule has 0 atom stereocenters. The molecule has 0 aliphatic carbocycles. The van der Waals surface area contributed by atoms with Crippen molar-refractivity contribution in [3.63, 3.8) is 0 Å². The van der Waals surface area contributed by atoms with Crippen molar-refractivity contribution >= 4 is 52.2 Å². The average Bonchev–Trinajstić information content (AvgIpc) is 2.89. The SMILES string of the molecule is N#Cc1c(-c2cccc([N+](=O)[O-])c2)nc(SCc2cccc(NC(=O)c3ccc(Cl)c(Cl)c3)c2)[nH]c1=O. The summed E-state index contributed by atoms with van der Waals surface area (Å²) in [5.74, 6) is 0.0164. The molecule has 1 amide bonds. The number of carbonyl (C=O) groups excluding carboxylic acids is 1. The number of amides is 1. The number of nitrogens with one attached hydrogen (secondary N) is 2. The van der Waals surface area contributed by atoms with E-state index >= 15 is 0 Å². The third-order valence-corrected chi connectivity index (χ3v) is 6.77. The van der Waals surface area contributed by atoms with Gasteiger partial charge in [-0.15, -0.1) is 0 Å². The maximum atomic E-state index is 12.6. The third kappa shape index (κ3) is 6.16. The zero-order valence-corrected chi connectivity index (χ0v) is 21.0. The smallest absolute Gasteiger partial charge is 0.270 e. The summed E-state index contributed by atoms with van der Waals surface area (Å²) in [6.07, 6.45) is 0. The lowest BCUT2D eigenvalue weighted by molar-refractivity contribution is -0.384. The number of carbonyl (C=O) groups is 1. The van der Waals surface area contributed by atoms with Gasteiger partial charge in [0.2, 0.25) is 0 Å². The Hall–Kier alpha value is -4.17. The van der Waals surface area contributed by atoms with E-state index in [2.05, 4.69) is 15.3 Å². The van der Waals surface area contributed by atoms with E-state index in [-0.39, 0.29) is 38.6 Å². The molecule has 0 radical (unpaired) electrons. The third-order valence-electron chi connectivity index (χ3n) is 5.08. The summed E-state index contributed by atoms with van der Waals surface area (Å²) in [6, 6.07) is 19.1. The van der Waals surface area contributed by atoms with Crippen molar-refractivity contribution in [1.82, 2.24) is 9.97 Å². The molecule has 0 unspecified atom stereocenters. The number of non-ortho nitro benzene ring substituents is 1. The van der Waals surface area contributed by atoms with E-state index in [4.69, 9.17) is 23.2 Å². The molecule has 184 valence electrons. The normalized spacial score (nSPS) is 10.5. The Labute approximate surface area is 224 Å². The molecule has 9 nitrogen and oxygen atoms in total. The number of hydrogen-bond acceptors (Lipinski definition) is 7. The number of nitro benzene ring substituents is 1. The Bertz CT molecular complexity index is 1630. The van der Waals surface area contributed by atoms with Gasteiger partial charge in [-0.25, -0.2) is 4.98 Å². The molecule has 0 saturated heterocycles. The second-order valence-electron chi connectivity index (χ2n) is 7.59. The fourth-order valence-electron chi connectivity index (χ4n) is 3.33. The van der Waals surface area contributed by atoms with Gasteiger partial charge in [-0.3, -0.25) is 19.7 Å². The first kappa shape index (κ1) is 25.9. The molecule has 2 N–H and O–H groups in total. The average molecular weight is 552 g/mol. The number of H-pyrrole nitrogens is 1. The largest absolute Gasteiger partial charge is 0.322 e. The molecule has 37 heavy (non-hydrogen) atoms. The van der Waals surface area contributed by atoms with Crippen LogP contribution in [0.15, 0.2) is 76.7 Å². The quantitative estimate of drug-likeness (QED) is 0.123. The van der Waals surface area contributed by atoms with E-state index in [0.29, 0.717) is 22.0 Å². The number of halogens is 2. The first-order valence-electron chi connectivity index (χ1n) is 10.5. The molecule has 0 bridgehead atoms. The summed E-state index contributed by atoms with van der Waals surface area (Å²) < 4.78 is 0. The molecule has 0 spiro atoms. The van der Waals surface area contributed by atoms with E-state index in [1.165, 1.54) is 36.0 Å². The van der Waals surface area contributed by atoms with Crippen LogP contribution in [0.1, 0.15) is 21.5 Å². The zero-order valence-electron chi connectivity index (χ0n) is 18.7. The van der Waals surface area contributed by atoms with Gasteiger partial charge in [0.1, 0.15) is 11.6 Å². The van der Waals surface area contributed by atoms with Gasteiger partial charge in [0.05, 0.1) is 20.7 Å². The number of hydrogen-bond donors (Lipinski definition) is 2. The second-order valence-corrected chi connectivity index (χ2v) is 9.36. The van der Waals surface area contributed by atoms with Crippen molar-refractivity contribution in [3.05, 3.63) is 114 Å². The van der Waals surface area contributed by atoms with Crippen LogP contribution in [0.2, 0.25) is 10.0 Å². The molecule has 0 fully saturated rings. The van der Waals surface area contributed by atoms with Crippen molar-refractivity contribution < 1.29 is 9.72 Å². The highest BCUT2D eigenvalue weighted by Gasteiger charge is 2.16. The highest BCUT2D eigenvalue weighted by atomic mass is 35.5. The van der Waals surface area contributed by atoms with Crippen LogP contribution in [0.5, 0.6) is 0 Å². The molecule has 1 aromatic heterocycles. The summed E-state index contributed by atoms with van der Waals surface area (Å²) in [7, 11) is 0. The molecule has 0 aliphatic rings. The van der Waals surface area contributed by atoms with Gasteiger partial charge in [0, 0.05) is 34.7 Å². The van der Waals surface area contributed by atoms with Crippen LogP contribution in [-0.2, 0) is 5.75 Å². The maximum absolute atomic E-state index is 12.6. The highest BCUT2D eigenvalue weighted by molar-refractivity contribution is 7.98. The Morgan fingerprint density at radius 1 is 1.11 bits per heavy atom. The number of thioether (sulfide) groups is 1. The standard InChI is InChI=1S/C25H15Cl2N5O4S/c26-20-8-7-16(11-21(20)27)23(33)29-17-5-1-3-14(9-17)13-37-25-30-22(19(12-28)24(34)31-25)15-4-2-6-18(10-15)32(35)36/h1-11H,13H2,(H,29,33)(H,30,31,34). The Kier molecular flexibility index (Phi) is 7.89. The summed E-state index contributed by atoms with van der Waals surface area (Å²) in [5.41, 5.74) is 0.986. The molecule has 0 aliphatic heterocycles. The van der Waals surface area contributed by atoms with E-state index in [9.17, 15) is 25.0 Å². The second kappa shape index (κ2) is 11.3. The van der Waals surface area contributed by atoms with Crippen molar-refractivity contribution in [1.29, 1.82) is 5.26 Å². The van der Waals surface area contributed by atoms with E-state index < -0.39 is 10.5 Å². The topological polar surface area (TPSA) is 142 Å². The summed E-state index contributed by atoms with van der Waals surface area (Å²) in [4.78, 5) is 42.6. The number of aromatic amines is 1. The number of nitriles is 1. The number of aromatic nitrogens is 2. The lowest BCUT2D eigenvalue weighted by Crippen LogP contribution is -2.15. The van der Waals surface area contributed by atoms with Crippen molar-refractivity contribution in [2.75, 3.05) is 5.32 Å². The fourth-order valence-corrected chi connectivity index (χ4v) is 4.43. The Morgan fingerprint density at radius 3 is 2.62 bits per heavy atom. The number of benzene rings is 3. The summed E-state index contributed by atoms with van der Waals surface area (Å²) in [6.45, 7) is 0. The minimum Gasteiger partial charge on any atom is -0.322 e. The van der Waals surface area contributed by atoms with Crippen LogP contribution in [-0.4, -0.2) is 20.8 Å². The number of nitrogens with zero attached hydrogens (tertiary/aromatic N) is 3. The Morgan fingerprint density at radius 2 is 1.89 bits per heavy atom. The lowest BCUT2D eigenvalue weighted by atomic mass is 10.1. The minimum absolute atomic E-state index is 0.0556. The maximum Gasteiger partial charge on any atom is 0.270 e. The number of nitro groups is 1. The van der Waals surface area contributed by atoms with Gasteiger partial charge < -0.3 is 10.3 Å². The molecule has 4 aromatic rings. The molecule has 1 heterocycles. The minimum atomic E-state index is -0.649. The monoisotopic (exact) mass is 551 g/mol. The number of anilines is 1. The van der Waals surface area contributed by atoms with E-state index in [1.54, 1.807) is 36.4 Å². The molecular weight excluding hydrogens is 537 g/mol. The molecule has 0 saturated carbocycles. The van der Waals surface area contributed by atoms with Crippen LogP contribution in [0.4, 0.5) is 11.4 Å². The fraction of sp³-hybridized carbons (Fsp3) is 0.0400. The van der Waals surface area contributed by atoms with Gasteiger partial charge in [0.25, 0.3) is 17.2 Å². The molecule has 12 heteroatoms. The molecule has 3 aromatic carbocycles. The predicted octanol–water partition coefficient (Wildman–Crippen LogP) is 6.07. The number of rotatable bonds is 7.